The third kappa shape index (κ3) is 17.1. The van der Waals surface area contributed by atoms with Crippen LogP contribution in [0.15, 0.2) is 122 Å². The first-order chi connectivity index (χ1) is 49.2. The van der Waals surface area contributed by atoms with Crippen LogP contribution in [0.4, 0.5) is 158 Å². The van der Waals surface area contributed by atoms with Crippen LogP contribution < -0.4 is 28.2 Å². The van der Waals surface area contributed by atoms with Crippen molar-refractivity contribution in [2.24, 2.45) is 0 Å². The average molecular weight is 1740 g/mol. The Hall–Kier alpha value is -8.80. The van der Waals surface area contributed by atoms with E-state index in [1.54, 1.807) is 0 Å². The maximum atomic E-state index is 15.4. The van der Waals surface area contributed by atoms with Gasteiger partial charge in [0.2, 0.25) is 22.8 Å². The topological polar surface area (TPSA) is 69.5 Å². The molecule has 9 rings (SSSR count). The summed E-state index contributed by atoms with van der Waals surface area (Å²) < 4.78 is 517. The molecule has 0 amide bonds. The van der Waals surface area contributed by atoms with Gasteiger partial charge < -0.3 is 47.1 Å². The molecule has 9 heterocycles. The number of aromatic nitrogens is 8. The average Bonchev–Trinajstić information content (AvgIpc) is 0.986. The standard InChI is InChI=1S/C64H40F36N8.5CH3.Mn/c65-49(66,53(73,74)57(81,82)61(89,90)91)21-29-105-25-5-1-9-41(105)45-33-13-15-35(101-33)46(42-10-2-6-26-106(42)30-22-50(67,68)54(75,76)58(83,84)62(92,93)94)37-17-19-39(103-37)48(44-12-4-8-28-108(44)32-24-52(71,72)56(79,80)60(87,88)64(98,99)100)40-20-18-38(104-40)47(36-16-14-34(45)102-36)43-11-3-7-27-107(43)31-23-51(69,70)55(77,78)59(85,86)63(95,96)97;;;;;;/h1-20,25-28H,21-24,29-32H2;5*1H3;/q+2;5*-1;+2. The fourth-order valence-corrected chi connectivity index (χ4v) is 11.0. The number of alkyl halides is 36. The van der Waals surface area contributed by atoms with E-state index in [1.165, 1.54) is 0 Å². The summed E-state index contributed by atoms with van der Waals surface area (Å²) in [6.45, 7) is -6.89. The van der Waals surface area contributed by atoms with Gasteiger partial charge >= 0.3 is 113 Å². The summed E-state index contributed by atoms with van der Waals surface area (Å²) in [5.41, 5.74) is -10.8. The van der Waals surface area contributed by atoms with E-state index in [-0.39, 0.29) is 54.2 Å². The summed E-state index contributed by atoms with van der Waals surface area (Å²) in [6.07, 6.45) is -33.5. The minimum absolute atomic E-state index is 0. The molecule has 0 atom stereocenters. The zero-order chi connectivity index (χ0) is 81.0. The minimum atomic E-state index is -7.44. The van der Waals surface area contributed by atoms with E-state index < -0.39 is 238 Å². The van der Waals surface area contributed by atoms with Gasteiger partial charge in [-0.2, -0.15) is 176 Å². The summed E-state index contributed by atoms with van der Waals surface area (Å²) in [7, 11) is 0. The molecule has 0 fully saturated rings. The molecule has 0 N–H and O–H groups in total. The molecule has 0 aromatic carbocycles. The van der Waals surface area contributed by atoms with Crippen LogP contribution in [-0.4, -0.2) is 106 Å². The zero-order valence-corrected chi connectivity index (χ0v) is 59.3. The molecule has 8 bridgehead atoms. The fourth-order valence-electron chi connectivity index (χ4n) is 11.0. The molecule has 45 heteroatoms. The van der Waals surface area contributed by atoms with Crippen LogP contribution in [0.25, 0.3) is 91.4 Å². The van der Waals surface area contributed by atoms with E-state index in [0.717, 1.165) is 121 Å². The van der Waals surface area contributed by atoms with Crippen molar-refractivity contribution in [1.82, 2.24) is 19.9 Å². The van der Waals surface area contributed by atoms with Crippen molar-refractivity contribution in [3.8, 4) is 45.0 Å². The first-order valence-electron chi connectivity index (χ1n) is 30.0. The number of hydrogen-bond acceptors (Lipinski definition) is 2. The maximum absolute atomic E-state index is 15.4. The monoisotopic (exact) mass is 1730 g/mol. The summed E-state index contributed by atoms with van der Waals surface area (Å²) in [5.74, 6) is -84.0. The van der Waals surface area contributed by atoms with E-state index in [1.807, 2.05) is 0 Å². The third-order valence-electron chi connectivity index (χ3n) is 16.9. The molecular weight excluding hydrogens is 1680 g/mol. The smallest absolute Gasteiger partial charge is 0.656 e. The number of fused-ring (bicyclic) bond motifs is 8. The Kier molecular flexibility index (Phi) is 28.8. The molecule has 7 aromatic rings. The largest absolute Gasteiger partial charge is 2.00 e. The van der Waals surface area contributed by atoms with Crippen LogP contribution in [0.5, 0.6) is 0 Å². The van der Waals surface area contributed by atoms with E-state index >= 15 is 35.1 Å². The van der Waals surface area contributed by atoms with E-state index in [4.69, 9.17) is 0 Å². The van der Waals surface area contributed by atoms with Gasteiger partial charge in [0, 0.05) is 48.5 Å². The van der Waals surface area contributed by atoms with Crippen molar-refractivity contribution in [1.29, 1.82) is 0 Å². The van der Waals surface area contributed by atoms with Crippen LogP contribution in [0.2, 0.25) is 0 Å². The third-order valence-corrected chi connectivity index (χ3v) is 16.9. The van der Waals surface area contributed by atoms with Crippen LogP contribution >= 0.6 is 0 Å². The minimum Gasteiger partial charge on any atom is -0.656 e. The van der Waals surface area contributed by atoms with Gasteiger partial charge in [-0.3, -0.25) is 0 Å². The molecule has 0 saturated carbocycles. The number of hydrogen-bond donors (Lipinski definition) is 0. The summed E-state index contributed by atoms with van der Waals surface area (Å²) >= 11 is 0. The second kappa shape index (κ2) is 33.1. The Labute approximate surface area is 632 Å². The Morgan fingerprint density at radius 2 is 0.404 bits per heavy atom. The molecule has 8 nitrogen and oxygen atoms in total. The molecule has 7 aromatic heterocycles. The zero-order valence-electron chi connectivity index (χ0n) is 58.1. The SMILES string of the molecule is FC(F)(F)C(F)(F)C(F)(F)C(F)(F)CC[n+]1ccccc1-c1c2nc(c(-c3cccc[n+]3CCC(F)(F)C(F)(F)C(F)(F)C(F)(F)F)c3ccc([n-]3)c(-c3cccc[n+]3CCC(F)(F)C(F)(F)C(F)(F)C(F)(F)F)c3nc(c(-c4cccc[n+]4CCC(F)(F)C(F)(F)C(F)(F)C(F)(F)F)c4ccc1[n-]4)C=C3)C=C2.[CH3-].[CH3-].[CH3-].[CH3-].[CH3-].[Mn+2]. The van der Waals surface area contributed by atoms with Crippen molar-refractivity contribution < 1.29 is 193 Å². The molecule has 2 aliphatic rings. The molecule has 0 aliphatic carbocycles. The predicted octanol–water partition coefficient (Wildman–Crippen LogP) is 21.4. The molecule has 0 saturated heterocycles. The Bertz CT molecular complexity index is 4200. The van der Waals surface area contributed by atoms with Crippen molar-refractivity contribution in [2.75, 3.05) is 0 Å². The van der Waals surface area contributed by atoms with E-state index in [9.17, 15) is 123 Å². The van der Waals surface area contributed by atoms with Crippen LogP contribution in [-0.2, 0) is 43.2 Å². The van der Waals surface area contributed by atoms with Crippen molar-refractivity contribution in [2.45, 2.75) is 148 Å². The summed E-state index contributed by atoms with van der Waals surface area (Å²) in [4.78, 5) is 18.0. The normalized spacial score (nSPS) is 13.9. The Morgan fingerprint density at radius 3 is 0.561 bits per heavy atom. The summed E-state index contributed by atoms with van der Waals surface area (Å²) in [5, 5.41) is 0. The van der Waals surface area contributed by atoms with Crippen LogP contribution in [0.3, 0.4) is 0 Å². The summed E-state index contributed by atoms with van der Waals surface area (Å²) in [6, 6.07) is 14.6. The number of rotatable bonds is 24. The Balaban J connectivity index is 0.00000561. The van der Waals surface area contributed by atoms with Crippen LogP contribution in [0, 0.1) is 37.1 Å². The molecule has 0 spiro atoms. The molecular formula is C69H55F36MnN8-. The van der Waals surface area contributed by atoms with Crippen molar-refractivity contribution >= 4 is 46.4 Å². The molecule has 1 radical (unpaired) electrons. The van der Waals surface area contributed by atoms with Gasteiger partial charge in [-0.1, -0.05) is 24.3 Å². The molecule has 2 aliphatic heterocycles. The first-order valence-corrected chi connectivity index (χ1v) is 30.0. The number of halogens is 36. The quantitative estimate of drug-likeness (QED) is 0.0262. The van der Waals surface area contributed by atoms with Gasteiger partial charge in [0.05, 0.1) is 70.7 Å². The van der Waals surface area contributed by atoms with Gasteiger partial charge in [-0.05, 0) is 48.6 Å². The molecule has 631 valence electrons. The second-order valence-electron chi connectivity index (χ2n) is 23.9. The van der Waals surface area contributed by atoms with Gasteiger partial charge in [-0.15, -0.1) is 22.1 Å². The van der Waals surface area contributed by atoms with Gasteiger partial charge in [-0.25, -0.2) is 9.97 Å². The van der Waals surface area contributed by atoms with Crippen LogP contribution in [0.1, 0.15) is 48.5 Å². The number of aryl methyl sites for hydroxylation is 4. The Morgan fingerprint density at radius 1 is 0.237 bits per heavy atom. The second-order valence-corrected chi connectivity index (χ2v) is 23.9. The van der Waals surface area contributed by atoms with Crippen molar-refractivity contribution in [3.63, 3.8) is 0 Å². The van der Waals surface area contributed by atoms with E-state index in [0.29, 0.717) is 43.1 Å². The predicted molar refractivity (Wildman–Crippen MR) is 333 cm³/mol. The fraction of sp³-hybridized carbons (Fsp3) is 0.348. The maximum Gasteiger partial charge on any atom is 2.00 e. The van der Waals surface area contributed by atoms with Gasteiger partial charge in [0.1, 0.15) is 0 Å². The van der Waals surface area contributed by atoms with Gasteiger partial charge in [0.15, 0.2) is 51.0 Å². The molecule has 114 heavy (non-hydrogen) atoms. The van der Waals surface area contributed by atoms with E-state index in [2.05, 4.69) is 19.9 Å². The number of pyridine rings is 4. The number of nitrogens with zero attached hydrogens (tertiary/aromatic N) is 8. The van der Waals surface area contributed by atoms with Crippen molar-refractivity contribution in [3.05, 3.63) is 182 Å². The first kappa shape index (κ1) is 99.4. The van der Waals surface area contributed by atoms with Gasteiger partial charge in [0.25, 0.3) is 0 Å². The molecule has 0 unspecified atom stereocenters.